The summed E-state index contributed by atoms with van der Waals surface area (Å²) >= 11 is 0. The first-order valence-corrected chi connectivity index (χ1v) is 11.5. The molecule has 2 saturated heterocycles. The van der Waals surface area contributed by atoms with Gasteiger partial charge in [-0.2, -0.15) is 4.98 Å². The van der Waals surface area contributed by atoms with E-state index in [9.17, 15) is 4.79 Å². The summed E-state index contributed by atoms with van der Waals surface area (Å²) < 4.78 is 10.7. The van der Waals surface area contributed by atoms with Crippen LogP contribution in [-0.2, 0) is 4.79 Å². The number of anilines is 1. The summed E-state index contributed by atoms with van der Waals surface area (Å²) in [6, 6.07) is 8.04. The van der Waals surface area contributed by atoms with E-state index in [-0.39, 0.29) is 11.8 Å². The summed E-state index contributed by atoms with van der Waals surface area (Å²) in [4.78, 5) is 21.8. The summed E-state index contributed by atoms with van der Waals surface area (Å²) in [6.45, 7) is 5.66. The van der Waals surface area contributed by atoms with Gasteiger partial charge in [-0.15, -0.1) is 0 Å². The molecular weight excluding hydrogens is 394 g/mol. The van der Waals surface area contributed by atoms with Gasteiger partial charge in [0.15, 0.2) is 0 Å². The van der Waals surface area contributed by atoms with E-state index in [1.807, 2.05) is 29.2 Å². The zero-order chi connectivity index (χ0) is 21.5. The van der Waals surface area contributed by atoms with Crippen molar-refractivity contribution in [2.75, 3.05) is 51.3 Å². The number of methoxy groups -OCH3 is 1. The lowest BCUT2D eigenvalue weighted by atomic mass is 9.97. The smallest absolute Gasteiger partial charge is 0.324 e. The Morgan fingerprint density at radius 1 is 1.16 bits per heavy atom. The Labute approximate surface area is 183 Å². The van der Waals surface area contributed by atoms with Crippen LogP contribution in [0.4, 0.5) is 6.01 Å². The van der Waals surface area contributed by atoms with E-state index >= 15 is 0 Å². The zero-order valence-corrected chi connectivity index (χ0v) is 18.4. The van der Waals surface area contributed by atoms with Crippen LogP contribution in [0.15, 0.2) is 28.8 Å². The van der Waals surface area contributed by atoms with Crippen LogP contribution >= 0.6 is 0 Å². The van der Waals surface area contributed by atoms with Crippen molar-refractivity contribution in [3.63, 3.8) is 0 Å². The number of nitrogens with one attached hydrogen (secondary N) is 1. The first-order chi connectivity index (χ1) is 15.2. The molecule has 0 bridgehead atoms. The number of amides is 1. The van der Waals surface area contributed by atoms with Gasteiger partial charge in [0.1, 0.15) is 5.75 Å². The van der Waals surface area contributed by atoms with Gasteiger partial charge in [0, 0.05) is 25.2 Å². The molecule has 0 unspecified atom stereocenters. The topological polar surface area (TPSA) is 83.7 Å². The average molecular weight is 428 g/mol. The maximum absolute atomic E-state index is 12.7. The predicted molar refractivity (Wildman–Crippen MR) is 119 cm³/mol. The molecule has 1 N–H and O–H groups in total. The summed E-state index contributed by atoms with van der Waals surface area (Å²) in [6.07, 6.45) is 6.81. The fourth-order valence-electron chi connectivity index (χ4n) is 4.41. The highest BCUT2D eigenvalue weighted by atomic mass is 16.5. The summed E-state index contributed by atoms with van der Waals surface area (Å²) in [7, 11) is 1.64. The number of piperidine rings is 2. The molecule has 4 rings (SSSR count). The van der Waals surface area contributed by atoms with Gasteiger partial charge in [0.2, 0.25) is 11.7 Å². The van der Waals surface area contributed by atoms with Crippen molar-refractivity contribution >= 4 is 11.9 Å². The van der Waals surface area contributed by atoms with Gasteiger partial charge < -0.3 is 24.4 Å². The molecule has 0 aliphatic carbocycles. The molecule has 0 saturated carbocycles. The molecule has 8 heteroatoms. The lowest BCUT2D eigenvalue weighted by molar-refractivity contribution is -0.125. The minimum atomic E-state index is -0.0416. The van der Waals surface area contributed by atoms with Crippen molar-refractivity contribution in [1.29, 1.82) is 0 Å². The highest BCUT2D eigenvalue weighted by Gasteiger charge is 2.28. The quantitative estimate of drug-likeness (QED) is 0.649. The molecule has 1 aromatic carbocycles. The minimum Gasteiger partial charge on any atom is -0.497 e. The number of nitrogens with zero attached hydrogens (tertiary/aromatic N) is 4. The molecule has 31 heavy (non-hydrogen) atoms. The first kappa shape index (κ1) is 21.6. The second kappa shape index (κ2) is 10.6. The number of likely N-dealkylation sites (tertiary alicyclic amines) is 1. The molecule has 0 spiro atoms. The van der Waals surface area contributed by atoms with E-state index < -0.39 is 0 Å². The van der Waals surface area contributed by atoms with E-state index in [1.54, 1.807) is 7.11 Å². The SMILES string of the molecule is COc1ccc(-c2noc(N3CCC[C@H](C(=O)NCCCN4CCCCC4)C3)n2)cc1. The van der Waals surface area contributed by atoms with Crippen LogP contribution in [0.1, 0.15) is 38.5 Å². The van der Waals surface area contributed by atoms with Crippen molar-refractivity contribution in [1.82, 2.24) is 20.4 Å². The van der Waals surface area contributed by atoms with Crippen LogP contribution in [0.3, 0.4) is 0 Å². The Bertz CT molecular complexity index is 832. The molecule has 3 heterocycles. The molecule has 1 aromatic heterocycles. The molecule has 2 fully saturated rings. The number of carbonyl (C=O) groups excluding carboxylic acids is 1. The zero-order valence-electron chi connectivity index (χ0n) is 18.4. The third-order valence-corrected chi connectivity index (χ3v) is 6.23. The summed E-state index contributed by atoms with van der Waals surface area (Å²) in [5.41, 5.74) is 0.871. The average Bonchev–Trinajstić information content (AvgIpc) is 3.33. The monoisotopic (exact) mass is 427 g/mol. The lowest BCUT2D eigenvalue weighted by Gasteiger charge is -2.30. The van der Waals surface area contributed by atoms with E-state index in [1.165, 1.54) is 32.4 Å². The van der Waals surface area contributed by atoms with Crippen molar-refractivity contribution in [2.45, 2.75) is 38.5 Å². The second-order valence-electron chi connectivity index (χ2n) is 8.46. The van der Waals surface area contributed by atoms with E-state index in [2.05, 4.69) is 20.4 Å². The van der Waals surface area contributed by atoms with Gasteiger partial charge in [0.25, 0.3) is 0 Å². The Kier molecular flexibility index (Phi) is 7.40. The fourth-order valence-corrected chi connectivity index (χ4v) is 4.41. The third-order valence-electron chi connectivity index (χ3n) is 6.23. The Morgan fingerprint density at radius 2 is 1.97 bits per heavy atom. The molecular formula is C23H33N5O3. The Balaban J connectivity index is 1.26. The lowest BCUT2D eigenvalue weighted by Crippen LogP contribution is -2.43. The number of ether oxygens (including phenoxy) is 1. The maximum atomic E-state index is 12.7. The highest BCUT2D eigenvalue weighted by Crippen LogP contribution is 2.26. The largest absolute Gasteiger partial charge is 0.497 e. The highest BCUT2D eigenvalue weighted by molar-refractivity contribution is 5.79. The molecule has 1 atom stereocenters. The van der Waals surface area contributed by atoms with Gasteiger partial charge in [0.05, 0.1) is 13.0 Å². The standard InChI is InChI=1S/C23H33N5O3/c1-30-20-10-8-18(9-11-20)21-25-23(31-26-21)28-16-5-7-19(17-28)22(29)24-12-6-15-27-13-3-2-4-14-27/h8-11,19H,2-7,12-17H2,1H3,(H,24,29)/t19-/m0/s1. The van der Waals surface area contributed by atoms with Gasteiger partial charge in [-0.25, -0.2) is 0 Å². The van der Waals surface area contributed by atoms with E-state index in [0.29, 0.717) is 18.4 Å². The molecule has 168 valence electrons. The van der Waals surface area contributed by atoms with E-state index in [0.717, 1.165) is 50.2 Å². The molecule has 8 nitrogen and oxygen atoms in total. The van der Waals surface area contributed by atoms with Crippen LogP contribution in [0.5, 0.6) is 5.75 Å². The first-order valence-electron chi connectivity index (χ1n) is 11.5. The van der Waals surface area contributed by atoms with Crippen LogP contribution in [0.25, 0.3) is 11.4 Å². The molecule has 1 amide bonds. The van der Waals surface area contributed by atoms with Gasteiger partial charge >= 0.3 is 6.01 Å². The number of aromatic nitrogens is 2. The molecule has 2 aliphatic rings. The van der Waals surface area contributed by atoms with Crippen LogP contribution < -0.4 is 15.0 Å². The van der Waals surface area contributed by atoms with Gasteiger partial charge in [-0.05, 0) is 76.0 Å². The number of benzene rings is 1. The molecule has 2 aromatic rings. The molecule has 2 aliphatic heterocycles. The maximum Gasteiger partial charge on any atom is 0.324 e. The van der Waals surface area contributed by atoms with Crippen molar-refractivity contribution in [3.05, 3.63) is 24.3 Å². The summed E-state index contributed by atoms with van der Waals surface area (Å²) in [5.74, 6) is 1.42. The van der Waals surface area contributed by atoms with Crippen molar-refractivity contribution < 1.29 is 14.1 Å². The fraction of sp³-hybridized carbons (Fsp3) is 0.609. The molecule has 0 radical (unpaired) electrons. The number of hydrogen-bond donors (Lipinski definition) is 1. The number of rotatable bonds is 8. The van der Waals surface area contributed by atoms with Crippen LogP contribution in [0, 0.1) is 5.92 Å². The van der Waals surface area contributed by atoms with Crippen LogP contribution in [0.2, 0.25) is 0 Å². The van der Waals surface area contributed by atoms with Crippen LogP contribution in [-0.4, -0.2) is 67.3 Å². The van der Waals surface area contributed by atoms with E-state index in [4.69, 9.17) is 9.26 Å². The number of hydrogen-bond acceptors (Lipinski definition) is 7. The van der Waals surface area contributed by atoms with Crippen molar-refractivity contribution in [2.24, 2.45) is 5.92 Å². The Hall–Kier alpha value is -2.61. The van der Waals surface area contributed by atoms with Crippen molar-refractivity contribution in [3.8, 4) is 17.1 Å². The van der Waals surface area contributed by atoms with Gasteiger partial charge in [-0.3, -0.25) is 4.79 Å². The van der Waals surface area contributed by atoms with Gasteiger partial charge in [-0.1, -0.05) is 11.6 Å². The summed E-state index contributed by atoms with van der Waals surface area (Å²) in [5, 5.41) is 7.25. The third kappa shape index (κ3) is 5.76. The predicted octanol–water partition coefficient (Wildman–Crippen LogP) is 2.95. The Morgan fingerprint density at radius 3 is 2.74 bits per heavy atom. The second-order valence-corrected chi connectivity index (χ2v) is 8.46. The number of carbonyl (C=O) groups is 1. The minimum absolute atomic E-state index is 0.0416. The normalized spacial score (nSPS) is 19.9.